The summed E-state index contributed by atoms with van der Waals surface area (Å²) in [4.78, 5) is 10.2. The molecule has 0 unspecified atom stereocenters. The first-order valence-electron chi connectivity index (χ1n) is 7.89. The third kappa shape index (κ3) is 9.39. The second-order valence-electron chi connectivity index (χ2n) is 7.04. The van der Waals surface area contributed by atoms with Gasteiger partial charge in [0.25, 0.3) is 0 Å². The molecule has 0 aromatic carbocycles. The number of rotatable bonds is 11. The number of carbonyl (C=O) groups is 1. The van der Waals surface area contributed by atoms with Gasteiger partial charge >= 0.3 is 0 Å². The fourth-order valence-corrected chi connectivity index (χ4v) is 2.85. The number of hydrogen-bond acceptors (Lipinski definition) is 2. The molecule has 0 saturated heterocycles. The molecule has 3 heteroatoms. The summed E-state index contributed by atoms with van der Waals surface area (Å²) in [6.45, 7) is 12.4. The SMILES string of the molecule is CC(C)(C)[Si](C)(C)OCCCCCCCCCC=O. The Balaban J connectivity index is 3.39. The number of aldehydes is 1. The zero-order valence-electron chi connectivity index (χ0n) is 13.8. The van der Waals surface area contributed by atoms with E-state index in [9.17, 15) is 4.79 Å². The van der Waals surface area contributed by atoms with Crippen molar-refractivity contribution in [2.45, 2.75) is 90.3 Å². The Morgan fingerprint density at radius 2 is 1.37 bits per heavy atom. The smallest absolute Gasteiger partial charge is 0.191 e. The molecule has 0 rings (SSSR count). The van der Waals surface area contributed by atoms with Gasteiger partial charge in [-0.1, -0.05) is 52.9 Å². The van der Waals surface area contributed by atoms with Crippen molar-refractivity contribution in [2.75, 3.05) is 6.61 Å². The molecule has 0 spiro atoms. The van der Waals surface area contributed by atoms with Crippen LogP contribution < -0.4 is 0 Å². The van der Waals surface area contributed by atoms with Gasteiger partial charge in [-0.3, -0.25) is 0 Å². The normalized spacial score (nSPS) is 12.7. The summed E-state index contributed by atoms with van der Waals surface area (Å²) in [5.41, 5.74) is 0. The van der Waals surface area contributed by atoms with E-state index in [1.165, 1.54) is 38.5 Å². The van der Waals surface area contributed by atoms with Crippen LogP contribution in [0.1, 0.15) is 72.1 Å². The Labute approximate surface area is 121 Å². The lowest BCUT2D eigenvalue weighted by Crippen LogP contribution is -2.40. The Kier molecular flexibility index (Phi) is 9.63. The second-order valence-corrected chi connectivity index (χ2v) is 11.8. The Bertz CT molecular complexity index is 231. The van der Waals surface area contributed by atoms with Crippen molar-refractivity contribution in [1.82, 2.24) is 0 Å². The molecule has 0 heterocycles. The predicted molar refractivity (Wildman–Crippen MR) is 86.1 cm³/mol. The van der Waals surface area contributed by atoms with E-state index in [4.69, 9.17) is 4.43 Å². The molecule has 0 saturated carbocycles. The fourth-order valence-electron chi connectivity index (χ4n) is 1.76. The molecule has 19 heavy (non-hydrogen) atoms. The Hall–Kier alpha value is -0.153. The van der Waals surface area contributed by atoms with Crippen molar-refractivity contribution >= 4 is 14.6 Å². The number of unbranched alkanes of at least 4 members (excludes halogenated alkanes) is 7. The van der Waals surface area contributed by atoms with Gasteiger partial charge < -0.3 is 9.22 Å². The van der Waals surface area contributed by atoms with Crippen LogP contribution >= 0.6 is 0 Å². The van der Waals surface area contributed by atoms with Crippen LogP contribution in [0.3, 0.4) is 0 Å². The molecule has 0 aliphatic rings. The molecule has 0 aromatic heterocycles. The summed E-state index contributed by atoms with van der Waals surface area (Å²) >= 11 is 0. The number of carbonyl (C=O) groups excluding carboxylic acids is 1. The van der Waals surface area contributed by atoms with Gasteiger partial charge in [0, 0.05) is 13.0 Å². The highest BCUT2D eigenvalue weighted by Gasteiger charge is 2.36. The van der Waals surface area contributed by atoms with Crippen LogP contribution in [0.5, 0.6) is 0 Å². The highest BCUT2D eigenvalue weighted by molar-refractivity contribution is 6.74. The summed E-state index contributed by atoms with van der Waals surface area (Å²) < 4.78 is 6.15. The molecular weight excluding hydrogens is 252 g/mol. The molecule has 2 nitrogen and oxygen atoms in total. The van der Waals surface area contributed by atoms with Gasteiger partial charge in [0.05, 0.1) is 0 Å². The average Bonchev–Trinajstić information content (AvgIpc) is 2.30. The van der Waals surface area contributed by atoms with Crippen LogP contribution in [-0.2, 0) is 9.22 Å². The van der Waals surface area contributed by atoms with Crippen LogP contribution in [0.15, 0.2) is 0 Å². The van der Waals surface area contributed by atoms with E-state index in [0.717, 1.165) is 25.7 Å². The summed E-state index contributed by atoms with van der Waals surface area (Å²) in [7, 11) is -1.53. The van der Waals surface area contributed by atoms with Crippen LogP contribution in [0, 0.1) is 0 Å². The monoisotopic (exact) mass is 286 g/mol. The van der Waals surface area contributed by atoms with E-state index in [-0.39, 0.29) is 0 Å². The minimum atomic E-state index is -1.53. The molecule has 0 N–H and O–H groups in total. The highest BCUT2D eigenvalue weighted by Crippen LogP contribution is 2.36. The maximum absolute atomic E-state index is 10.2. The molecular formula is C16H34O2Si. The second kappa shape index (κ2) is 9.70. The average molecular weight is 287 g/mol. The topological polar surface area (TPSA) is 26.3 Å². The van der Waals surface area contributed by atoms with E-state index in [1.54, 1.807) is 0 Å². The van der Waals surface area contributed by atoms with Crippen molar-refractivity contribution in [2.24, 2.45) is 0 Å². The summed E-state index contributed by atoms with van der Waals surface area (Å²) in [5.74, 6) is 0. The third-order valence-corrected chi connectivity index (χ3v) is 8.77. The molecule has 0 aliphatic carbocycles. The summed E-state index contributed by atoms with van der Waals surface area (Å²) in [6, 6.07) is 0. The van der Waals surface area contributed by atoms with Crippen LogP contribution in [0.25, 0.3) is 0 Å². The van der Waals surface area contributed by atoms with Gasteiger partial charge in [-0.05, 0) is 31.0 Å². The maximum atomic E-state index is 10.2. The molecule has 0 fully saturated rings. The predicted octanol–water partition coefficient (Wildman–Crippen LogP) is 5.33. The van der Waals surface area contributed by atoms with Crippen LogP contribution in [0.4, 0.5) is 0 Å². The third-order valence-electron chi connectivity index (χ3n) is 4.24. The van der Waals surface area contributed by atoms with E-state index in [1.807, 2.05) is 0 Å². The highest BCUT2D eigenvalue weighted by atomic mass is 28.4. The Morgan fingerprint density at radius 3 is 1.84 bits per heavy atom. The lowest BCUT2D eigenvalue weighted by Gasteiger charge is -2.36. The van der Waals surface area contributed by atoms with Gasteiger partial charge in [-0.2, -0.15) is 0 Å². The van der Waals surface area contributed by atoms with E-state index in [0.29, 0.717) is 5.04 Å². The Morgan fingerprint density at radius 1 is 0.895 bits per heavy atom. The first-order chi connectivity index (χ1) is 8.81. The first-order valence-corrected chi connectivity index (χ1v) is 10.8. The largest absolute Gasteiger partial charge is 0.417 e. The van der Waals surface area contributed by atoms with Gasteiger partial charge in [-0.15, -0.1) is 0 Å². The molecule has 0 radical (unpaired) electrons. The maximum Gasteiger partial charge on any atom is 0.191 e. The van der Waals surface area contributed by atoms with Gasteiger partial charge in [-0.25, -0.2) is 0 Å². The van der Waals surface area contributed by atoms with E-state index in [2.05, 4.69) is 33.9 Å². The summed E-state index contributed by atoms with van der Waals surface area (Å²) in [5, 5.41) is 0.325. The molecule has 0 aromatic rings. The lowest BCUT2D eigenvalue weighted by molar-refractivity contribution is -0.107. The van der Waals surface area contributed by atoms with Crippen molar-refractivity contribution in [3.8, 4) is 0 Å². The van der Waals surface area contributed by atoms with Gasteiger partial charge in [0.2, 0.25) is 0 Å². The zero-order valence-corrected chi connectivity index (χ0v) is 14.8. The number of hydrogen-bond donors (Lipinski definition) is 0. The van der Waals surface area contributed by atoms with Gasteiger partial charge in [0.1, 0.15) is 6.29 Å². The van der Waals surface area contributed by atoms with Crippen LogP contribution in [0.2, 0.25) is 18.1 Å². The summed E-state index contributed by atoms with van der Waals surface area (Å²) in [6.07, 6.45) is 10.4. The van der Waals surface area contributed by atoms with Crippen molar-refractivity contribution in [1.29, 1.82) is 0 Å². The van der Waals surface area contributed by atoms with Gasteiger partial charge in [0.15, 0.2) is 8.32 Å². The minimum absolute atomic E-state index is 0.325. The van der Waals surface area contributed by atoms with Crippen molar-refractivity contribution in [3.05, 3.63) is 0 Å². The molecule has 0 atom stereocenters. The zero-order chi connectivity index (χ0) is 14.8. The van der Waals surface area contributed by atoms with Crippen molar-refractivity contribution < 1.29 is 9.22 Å². The quantitative estimate of drug-likeness (QED) is 0.291. The van der Waals surface area contributed by atoms with E-state index >= 15 is 0 Å². The van der Waals surface area contributed by atoms with E-state index < -0.39 is 8.32 Å². The minimum Gasteiger partial charge on any atom is -0.417 e. The van der Waals surface area contributed by atoms with Crippen molar-refractivity contribution in [3.63, 3.8) is 0 Å². The molecule has 0 aliphatic heterocycles. The standard InChI is InChI=1S/C16H34O2Si/c1-16(2,3)19(4,5)18-15-13-11-9-7-6-8-10-12-14-17/h14H,6-13,15H2,1-5H3. The molecule has 0 bridgehead atoms. The molecule has 0 amide bonds. The fraction of sp³-hybridized carbons (Fsp3) is 0.938. The molecule has 114 valence electrons. The first kappa shape index (κ1) is 18.8. The lowest BCUT2D eigenvalue weighted by atomic mass is 10.1. The van der Waals surface area contributed by atoms with Crippen LogP contribution in [-0.4, -0.2) is 21.2 Å².